The Morgan fingerprint density at radius 3 is 2.42 bits per heavy atom. The van der Waals surface area contributed by atoms with Gasteiger partial charge in [-0.05, 0) is 12.1 Å². The second kappa shape index (κ2) is 4.59. The lowest BCUT2D eigenvalue weighted by molar-refractivity contribution is 0.468. The smallest absolute Gasteiger partial charge is 0.276 e. The zero-order valence-electron chi connectivity index (χ0n) is 11.4. The van der Waals surface area contributed by atoms with Gasteiger partial charge in [-0.3, -0.25) is 9.89 Å². The Hall–Kier alpha value is -2.01. The van der Waals surface area contributed by atoms with Gasteiger partial charge in [-0.15, -0.1) is 0 Å². The summed E-state index contributed by atoms with van der Waals surface area (Å²) in [5.41, 5.74) is 7.02. The first kappa shape index (κ1) is 13.4. The van der Waals surface area contributed by atoms with Crippen molar-refractivity contribution >= 4 is 0 Å². The lowest BCUT2D eigenvalue weighted by Gasteiger charge is -2.17. The van der Waals surface area contributed by atoms with Crippen molar-refractivity contribution in [1.29, 1.82) is 0 Å². The summed E-state index contributed by atoms with van der Waals surface area (Å²) in [5.74, 6) is 0.0508. The standard InChI is InChI=1S/C14H19N3O2/c1-14(2,3)12-9(8-15)13(19)17(16-12)10-6-4-5-7-11(10)18/h4-7,16,18H,8,15H2,1-3H3. The summed E-state index contributed by atoms with van der Waals surface area (Å²) < 4.78 is 1.35. The Bertz CT molecular complexity index is 647. The van der Waals surface area contributed by atoms with Crippen molar-refractivity contribution in [2.24, 2.45) is 5.73 Å². The second-order valence-electron chi connectivity index (χ2n) is 5.55. The maximum Gasteiger partial charge on any atom is 0.276 e. The molecule has 19 heavy (non-hydrogen) atoms. The Morgan fingerprint density at radius 1 is 1.32 bits per heavy atom. The van der Waals surface area contributed by atoms with Gasteiger partial charge in [0, 0.05) is 17.7 Å². The highest BCUT2D eigenvalue weighted by molar-refractivity contribution is 5.45. The first-order chi connectivity index (χ1) is 8.86. The van der Waals surface area contributed by atoms with Crippen LogP contribution in [-0.4, -0.2) is 14.9 Å². The number of phenols is 1. The predicted octanol–water partition coefficient (Wildman–Crippen LogP) is 1.63. The maximum atomic E-state index is 12.4. The number of aromatic nitrogens is 2. The molecular formula is C14H19N3O2. The number of nitrogens with two attached hydrogens (primary N) is 1. The van der Waals surface area contributed by atoms with Crippen molar-refractivity contribution in [3.05, 3.63) is 45.9 Å². The van der Waals surface area contributed by atoms with Crippen molar-refractivity contribution in [2.75, 3.05) is 0 Å². The van der Waals surface area contributed by atoms with Crippen LogP contribution in [0.4, 0.5) is 0 Å². The van der Waals surface area contributed by atoms with Gasteiger partial charge in [-0.2, -0.15) is 0 Å². The van der Waals surface area contributed by atoms with Crippen molar-refractivity contribution in [3.63, 3.8) is 0 Å². The van der Waals surface area contributed by atoms with Crippen molar-refractivity contribution in [3.8, 4) is 11.4 Å². The molecular weight excluding hydrogens is 242 g/mol. The molecule has 2 aromatic rings. The predicted molar refractivity (Wildman–Crippen MR) is 74.6 cm³/mol. The fraction of sp³-hybridized carbons (Fsp3) is 0.357. The highest BCUT2D eigenvalue weighted by Crippen LogP contribution is 2.25. The summed E-state index contributed by atoms with van der Waals surface area (Å²) in [6.45, 7) is 6.19. The summed E-state index contributed by atoms with van der Waals surface area (Å²) in [4.78, 5) is 12.4. The molecule has 2 rings (SSSR count). The summed E-state index contributed by atoms with van der Waals surface area (Å²) in [7, 11) is 0. The fourth-order valence-electron chi connectivity index (χ4n) is 2.10. The summed E-state index contributed by atoms with van der Waals surface area (Å²) in [6.07, 6.45) is 0. The normalized spacial score (nSPS) is 11.8. The number of rotatable bonds is 2. The number of aromatic amines is 1. The van der Waals surface area contributed by atoms with Gasteiger partial charge in [0.25, 0.3) is 5.56 Å². The Kier molecular flexibility index (Phi) is 3.24. The van der Waals surface area contributed by atoms with E-state index in [0.29, 0.717) is 11.3 Å². The molecule has 0 saturated heterocycles. The highest BCUT2D eigenvalue weighted by Gasteiger charge is 2.24. The monoisotopic (exact) mass is 261 g/mol. The van der Waals surface area contributed by atoms with E-state index >= 15 is 0 Å². The highest BCUT2D eigenvalue weighted by atomic mass is 16.3. The van der Waals surface area contributed by atoms with Crippen LogP contribution in [0.3, 0.4) is 0 Å². The van der Waals surface area contributed by atoms with E-state index in [1.807, 2.05) is 20.8 Å². The minimum Gasteiger partial charge on any atom is -0.506 e. The van der Waals surface area contributed by atoms with Crippen LogP contribution in [0, 0.1) is 0 Å². The molecule has 5 heteroatoms. The number of hydrogen-bond donors (Lipinski definition) is 3. The zero-order valence-corrected chi connectivity index (χ0v) is 11.4. The van der Waals surface area contributed by atoms with Gasteiger partial charge in [0.15, 0.2) is 0 Å². The van der Waals surface area contributed by atoms with Crippen LogP contribution >= 0.6 is 0 Å². The van der Waals surface area contributed by atoms with E-state index in [1.165, 1.54) is 4.68 Å². The number of nitrogens with one attached hydrogen (secondary N) is 1. The number of benzene rings is 1. The van der Waals surface area contributed by atoms with E-state index in [2.05, 4.69) is 5.10 Å². The topological polar surface area (TPSA) is 84.0 Å². The number of hydrogen-bond acceptors (Lipinski definition) is 3. The number of para-hydroxylation sites is 2. The van der Waals surface area contributed by atoms with Crippen LogP contribution in [0.1, 0.15) is 32.0 Å². The first-order valence-corrected chi connectivity index (χ1v) is 6.19. The minimum absolute atomic E-state index is 0.0508. The molecule has 0 spiro atoms. The minimum atomic E-state index is -0.219. The molecule has 102 valence electrons. The largest absolute Gasteiger partial charge is 0.506 e. The molecule has 0 amide bonds. The fourth-order valence-corrected chi connectivity index (χ4v) is 2.10. The van der Waals surface area contributed by atoms with E-state index in [1.54, 1.807) is 24.3 Å². The third kappa shape index (κ3) is 2.29. The first-order valence-electron chi connectivity index (χ1n) is 6.19. The molecule has 1 aromatic heterocycles. The van der Waals surface area contributed by atoms with Gasteiger partial charge in [-0.1, -0.05) is 32.9 Å². The Balaban J connectivity index is 2.71. The molecule has 0 atom stereocenters. The van der Waals surface area contributed by atoms with E-state index in [9.17, 15) is 9.90 Å². The second-order valence-corrected chi connectivity index (χ2v) is 5.55. The van der Waals surface area contributed by atoms with Crippen LogP contribution in [-0.2, 0) is 12.0 Å². The summed E-state index contributed by atoms with van der Waals surface area (Å²) in [6, 6.07) is 6.70. The summed E-state index contributed by atoms with van der Waals surface area (Å²) >= 11 is 0. The molecule has 0 radical (unpaired) electrons. The molecule has 0 aliphatic heterocycles. The molecule has 0 saturated carbocycles. The van der Waals surface area contributed by atoms with E-state index in [0.717, 1.165) is 5.69 Å². The van der Waals surface area contributed by atoms with Crippen LogP contribution < -0.4 is 11.3 Å². The van der Waals surface area contributed by atoms with Gasteiger partial charge >= 0.3 is 0 Å². The number of nitrogens with zero attached hydrogens (tertiary/aromatic N) is 1. The third-order valence-corrected chi connectivity index (χ3v) is 3.06. The number of phenolic OH excluding ortho intramolecular Hbond substituents is 1. The molecule has 0 aliphatic carbocycles. The molecule has 4 N–H and O–H groups in total. The molecule has 0 unspecified atom stereocenters. The maximum absolute atomic E-state index is 12.4. The molecule has 1 aromatic carbocycles. The number of aromatic hydroxyl groups is 1. The Labute approximate surface area is 111 Å². The van der Waals surface area contributed by atoms with Crippen LogP contribution in [0.15, 0.2) is 29.1 Å². The van der Waals surface area contributed by atoms with E-state index in [4.69, 9.17) is 5.73 Å². The van der Waals surface area contributed by atoms with Crippen molar-refractivity contribution < 1.29 is 5.11 Å². The molecule has 0 fully saturated rings. The lowest BCUT2D eigenvalue weighted by atomic mass is 9.89. The van der Waals surface area contributed by atoms with Gasteiger partial charge in [0.2, 0.25) is 0 Å². The SMILES string of the molecule is CC(C)(C)c1[nH]n(-c2ccccc2O)c(=O)c1CN. The molecule has 0 bridgehead atoms. The number of H-pyrrole nitrogens is 1. The zero-order chi connectivity index (χ0) is 14.2. The van der Waals surface area contributed by atoms with Crippen LogP contribution in [0.25, 0.3) is 5.69 Å². The Morgan fingerprint density at radius 2 is 1.95 bits per heavy atom. The van der Waals surface area contributed by atoms with Gasteiger partial charge in [-0.25, -0.2) is 4.68 Å². The van der Waals surface area contributed by atoms with Crippen LogP contribution in [0.5, 0.6) is 5.75 Å². The van der Waals surface area contributed by atoms with Crippen molar-refractivity contribution in [1.82, 2.24) is 9.78 Å². The summed E-state index contributed by atoms with van der Waals surface area (Å²) in [5, 5.41) is 12.9. The lowest BCUT2D eigenvalue weighted by Crippen LogP contribution is -2.20. The molecule has 5 nitrogen and oxygen atoms in total. The molecule has 0 aliphatic rings. The van der Waals surface area contributed by atoms with E-state index in [-0.39, 0.29) is 23.3 Å². The average molecular weight is 261 g/mol. The van der Waals surface area contributed by atoms with Gasteiger partial charge < -0.3 is 10.8 Å². The third-order valence-electron chi connectivity index (χ3n) is 3.06. The van der Waals surface area contributed by atoms with Crippen molar-refractivity contribution in [2.45, 2.75) is 32.7 Å². The van der Waals surface area contributed by atoms with Crippen LogP contribution in [0.2, 0.25) is 0 Å². The van der Waals surface area contributed by atoms with Gasteiger partial charge in [0.1, 0.15) is 11.4 Å². The quantitative estimate of drug-likeness (QED) is 0.768. The molecule has 1 heterocycles. The van der Waals surface area contributed by atoms with E-state index < -0.39 is 0 Å². The van der Waals surface area contributed by atoms with Gasteiger partial charge in [0.05, 0.1) is 5.56 Å². The average Bonchev–Trinajstić information content (AvgIpc) is 2.67.